The number of hydrogen-bond donors (Lipinski definition) is 2. The molecule has 1 rings (SSSR count). The van der Waals surface area contributed by atoms with E-state index in [1.807, 2.05) is 6.92 Å². The van der Waals surface area contributed by atoms with Gasteiger partial charge in [-0.25, -0.2) is 0 Å². The lowest BCUT2D eigenvalue weighted by atomic mass is 10.1. The maximum Gasteiger partial charge on any atom is 0.311 e. The zero-order valence-corrected chi connectivity index (χ0v) is 8.56. The van der Waals surface area contributed by atoms with Crippen LogP contribution in [0.15, 0.2) is 18.2 Å². The Kier molecular flexibility index (Phi) is 4.05. The number of rotatable bonds is 5. The normalized spacial score (nSPS) is 10.2. The van der Waals surface area contributed by atoms with Gasteiger partial charge in [-0.15, -0.1) is 0 Å². The summed E-state index contributed by atoms with van der Waals surface area (Å²) in [7, 11) is 0. The second kappa shape index (κ2) is 5.31. The SMILES string of the molecule is CCCNCc1cccc([N+](=O)[O-])c1O. The molecule has 1 aromatic carbocycles. The smallest absolute Gasteiger partial charge is 0.311 e. The summed E-state index contributed by atoms with van der Waals surface area (Å²) in [6.45, 7) is 3.30. The maximum absolute atomic E-state index is 10.5. The van der Waals surface area contributed by atoms with E-state index in [9.17, 15) is 15.2 Å². The number of nitrogens with zero attached hydrogens (tertiary/aromatic N) is 1. The van der Waals surface area contributed by atoms with Crippen molar-refractivity contribution in [3.8, 4) is 5.75 Å². The standard InChI is InChI=1S/C10H14N2O3/c1-2-6-11-7-8-4-3-5-9(10(8)13)12(14)15/h3-5,11,13H,2,6-7H2,1H3. The van der Waals surface area contributed by atoms with Crippen LogP contribution in [0, 0.1) is 10.1 Å². The van der Waals surface area contributed by atoms with E-state index in [2.05, 4.69) is 5.32 Å². The molecule has 5 heteroatoms. The summed E-state index contributed by atoms with van der Waals surface area (Å²) < 4.78 is 0. The van der Waals surface area contributed by atoms with Crippen molar-refractivity contribution < 1.29 is 10.0 Å². The Balaban J connectivity index is 2.80. The summed E-state index contributed by atoms with van der Waals surface area (Å²) in [5.41, 5.74) is 0.309. The van der Waals surface area contributed by atoms with Crippen molar-refractivity contribution >= 4 is 5.69 Å². The van der Waals surface area contributed by atoms with Crippen molar-refractivity contribution in [3.63, 3.8) is 0 Å². The van der Waals surface area contributed by atoms with Gasteiger partial charge in [0.2, 0.25) is 0 Å². The quantitative estimate of drug-likeness (QED) is 0.441. The number of hydrogen-bond acceptors (Lipinski definition) is 4. The van der Waals surface area contributed by atoms with Crippen molar-refractivity contribution in [1.29, 1.82) is 0 Å². The second-order valence-electron chi connectivity index (χ2n) is 3.22. The molecule has 5 nitrogen and oxygen atoms in total. The minimum atomic E-state index is -0.585. The number of aromatic hydroxyl groups is 1. The van der Waals surface area contributed by atoms with Crippen molar-refractivity contribution in [2.75, 3.05) is 6.54 Å². The minimum absolute atomic E-state index is 0.244. The number of benzene rings is 1. The van der Waals surface area contributed by atoms with Crippen LogP contribution in [-0.4, -0.2) is 16.6 Å². The summed E-state index contributed by atoms with van der Waals surface area (Å²) in [6.07, 6.45) is 0.982. The number of nitro groups is 1. The Morgan fingerprint density at radius 1 is 1.53 bits per heavy atom. The molecule has 1 aromatic rings. The molecule has 0 aliphatic rings. The number of phenols is 1. The van der Waals surface area contributed by atoms with Crippen LogP contribution in [-0.2, 0) is 6.54 Å². The van der Waals surface area contributed by atoms with E-state index in [-0.39, 0.29) is 11.4 Å². The van der Waals surface area contributed by atoms with E-state index < -0.39 is 4.92 Å². The van der Waals surface area contributed by atoms with E-state index >= 15 is 0 Å². The molecule has 0 saturated carbocycles. The summed E-state index contributed by atoms with van der Waals surface area (Å²) >= 11 is 0. The lowest BCUT2D eigenvalue weighted by Gasteiger charge is -2.05. The van der Waals surface area contributed by atoms with Crippen molar-refractivity contribution in [3.05, 3.63) is 33.9 Å². The molecule has 0 aliphatic heterocycles. The zero-order chi connectivity index (χ0) is 11.3. The molecule has 2 N–H and O–H groups in total. The van der Waals surface area contributed by atoms with Crippen molar-refractivity contribution in [2.45, 2.75) is 19.9 Å². The molecule has 0 amide bonds. The molecule has 0 atom stereocenters. The number of para-hydroxylation sites is 1. The molecule has 0 fully saturated rings. The zero-order valence-electron chi connectivity index (χ0n) is 8.56. The van der Waals surface area contributed by atoms with Crippen molar-refractivity contribution in [1.82, 2.24) is 5.32 Å². The molecule has 0 bridgehead atoms. The van der Waals surface area contributed by atoms with Gasteiger partial charge in [-0.2, -0.15) is 0 Å². The molecule has 82 valence electrons. The van der Waals surface area contributed by atoms with Crippen LogP contribution < -0.4 is 5.32 Å². The van der Waals surface area contributed by atoms with Crippen LogP contribution in [0.4, 0.5) is 5.69 Å². The predicted molar refractivity (Wildman–Crippen MR) is 56.8 cm³/mol. The molecule has 0 spiro atoms. The van der Waals surface area contributed by atoms with Gasteiger partial charge in [0.1, 0.15) is 0 Å². The van der Waals surface area contributed by atoms with Gasteiger partial charge >= 0.3 is 5.69 Å². The van der Waals surface area contributed by atoms with Crippen LogP contribution in [0.5, 0.6) is 5.75 Å². The highest BCUT2D eigenvalue weighted by atomic mass is 16.6. The van der Waals surface area contributed by atoms with Crippen molar-refractivity contribution in [2.24, 2.45) is 0 Å². The minimum Gasteiger partial charge on any atom is -0.502 e. The molecular formula is C10H14N2O3. The third-order valence-electron chi connectivity index (χ3n) is 2.04. The largest absolute Gasteiger partial charge is 0.502 e. The second-order valence-corrected chi connectivity index (χ2v) is 3.22. The molecule has 0 unspecified atom stereocenters. The first-order valence-corrected chi connectivity index (χ1v) is 4.82. The highest BCUT2D eigenvalue weighted by molar-refractivity contribution is 5.50. The van der Waals surface area contributed by atoms with Gasteiger partial charge in [0, 0.05) is 18.2 Å². The van der Waals surface area contributed by atoms with Gasteiger partial charge < -0.3 is 10.4 Å². The Hall–Kier alpha value is -1.62. The number of nitro benzene ring substituents is 1. The molecule has 0 radical (unpaired) electrons. The Morgan fingerprint density at radius 3 is 2.87 bits per heavy atom. The van der Waals surface area contributed by atoms with Gasteiger partial charge in [0.05, 0.1) is 4.92 Å². The van der Waals surface area contributed by atoms with Crippen LogP contribution in [0.2, 0.25) is 0 Å². The molecular weight excluding hydrogens is 196 g/mol. The Bertz CT molecular complexity index is 353. The van der Waals surface area contributed by atoms with Gasteiger partial charge in [0.15, 0.2) is 5.75 Å². The lowest BCUT2D eigenvalue weighted by Crippen LogP contribution is -2.14. The first-order chi connectivity index (χ1) is 7.16. The van der Waals surface area contributed by atoms with Gasteiger partial charge in [0.25, 0.3) is 0 Å². The fourth-order valence-corrected chi connectivity index (χ4v) is 1.27. The highest BCUT2D eigenvalue weighted by Gasteiger charge is 2.15. The molecule has 15 heavy (non-hydrogen) atoms. The van der Waals surface area contributed by atoms with Gasteiger partial charge in [-0.3, -0.25) is 10.1 Å². The van der Waals surface area contributed by atoms with E-state index in [1.165, 1.54) is 6.07 Å². The number of nitrogens with one attached hydrogen (secondary N) is 1. The van der Waals surface area contributed by atoms with E-state index in [4.69, 9.17) is 0 Å². The molecule has 0 saturated heterocycles. The Morgan fingerprint density at radius 2 is 2.27 bits per heavy atom. The fraction of sp³-hybridized carbons (Fsp3) is 0.400. The van der Waals surface area contributed by atoms with Crippen LogP contribution >= 0.6 is 0 Å². The number of phenolic OH excluding ortho intramolecular Hbond substituents is 1. The average molecular weight is 210 g/mol. The van der Waals surface area contributed by atoms with E-state index in [0.717, 1.165) is 13.0 Å². The summed E-state index contributed by atoms with van der Waals surface area (Å²) in [5, 5.41) is 23.2. The summed E-state index contributed by atoms with van der Waals surface area (Å²) in [6, 6.07) is 4.53. The first kappa shape index (κ1) is 11.5. The summed E-state index contributed by atoms with van der Waals surface area (Å²) in [4.78, 5) is 9.94. The highest BCUT2D eigenvalue weighted by Crippen LogP contribution is 2.28. The first-order valence-electron chi connectivity index (χ1n) is 4.82. The van der Waals surface area contributed by atoms with Crippen LogP contribution in [0.3, 0.4) is 0 Å². The molecule has 0 aromatic heterocycles. The van der Waals surface area contributed by atoms with E-state index in [1.54, 1.807) is 12.1 Å². The third-order valence-corrected chi connectivity index (χ3v) is 2.04. The van der Waals surface area contributed by atoms with Gasteiger partial charge in [-0.1, -0.05) is 19.1 Å². The molecule has 0 aliphatic carbocycles. The predicted octanol–water partition coefficient (Wildman–Crippen LogP) is 1.80. The lowest BCUT2D eigenvalue weighted by molar-refractivity contribution is -0.385. The molecule has 0 heterocycles. The fourth-order valence-electron chi connectivity index (χ4n) is 1.27. The maximum atomic E-state index is 10.5. The van der Waals surface area contributed by atoms with Crippen LogP contribution in [0.25, 0.3) is 0 Å². The van der Waals surface area contributed by atoms with E-state index in [0.29, 0.717) is 12.1 Å². The average Bonchev–Trinajstić information content (AvgIpc) is 2.20. The summed E-state index contributed by atoms with van der Waals surface area (Å²) in [5.74, 6) is -0.244. The topological polar surface area (TPSA) is 75.4 Å². The van der Waals surface area contributed by atoms with Gasteiger partial charge in [-0.05, 0) is 13.0 Å². The Labute approximate surface area is 87.9 Å². The monoisotopic (exact) mass is 210 g/mol. The third kappa shape index (κ3) is 2.92. The van der Waals surface area contributed by atoms with Crippen LogP contribution in [0.1, 0.15) is 18.9 Å².